The van der Waals surface area contributed by atoms with Crippen molar-refractivity contribution in [2.24, 2.45) is 0 Å². The van der Waals surface area contributed by atoms with Gasteiger partial charge in [0.05, 0.1) is 5.56 Å². The molecule has 0 aliphatic rings. The highest BCUT2D eigenvalue weighted by molar-refractivity contribution is 6.01. The molecule has 0 fully saturated rings. The van der Waals surface area contributed by atoms with Crippen molar-refractivity contribution in [2.75, 3.05) is 14.1 Å². The Hall–Kier alpha value is -3.33. The standard InChI is InChI=1S/C17H14N2O4/c1-19(2)16(20)13(10-18)9-14-6-7-15(23-14)11-4-3-5-12(8-11)17(21)22/h3-9H,1-2H3,(H,21,22)/b13-9+. The third-order valence-corrected chi connectivity index (χ3v) is 3.06. The van der Waals surface area contributed by atoms with Crippen molar-refractivity contribution < 1.29 is 19.1 Å². The number of carboxylic acid groups (broad SMARTS) is 1. The Labute approximate surface area is 132 Å². The molecular formula is C17H14N2O4. The quantitative estimate of drug-likeness (QED) is 0.692. The van der Waals surface area contributed by atoms with Gasteiger partial charge in [-0.15, -0.1) is 0 Å². The van der Waals surface area contributed by atoms with E-state index >= 15 is 0 Å². The summed E-state index contributed by atoms with van der Waals surface area (Å²) < 4.78 is 5.58. The van der Waals surface area contributed by atoms with Crippen molar-refractivity contribution in [3.8, 4) is 17.4 Å². The summed E-state index contributed by atoms with van der Waals surface area (Å²) in [4.78, 5) is 24.1. The fourth-order valence-corrected chi connectivity index (χ4v) is 1.92. The first-order chi connectivity index (χ1) is 10.9. The molecule has 6 heteroatoms. The first-order valence-electron chi connectivity index (χ1n) is 6.69. The van der Waals surface area contributed by atoms with E-state index in [2.05, 4.69) is 0 Å². The first-order valence-corrected chi connectivity index (χ1v) is 6.69. The average molecular weight is 310 g/mol. The number of benzene rings is 1. The molecule has 0 aliphatic heterocycles. The van der Waals surface area contributed by atoms with Gasteiger partial charge in [0.25, 0.3) is 5.91 Å². The lowest BCUT2D eigenvalue weighted by molar-refractivity contribution is -0.124. The van der Waals surface area contributed by atoms with Gasteiger partial charge in [0.2, 0.25) is 0 Å². The molecule has 1 heterocycles. The van der Waals surface area contributed by atoms with Gasteiger partial charge in [-0.3, -0.25) is 4.79 Å². The summed E-state index contributed by atoms with van der Waals surface area (Å²) in [6.07, 6.45) is 1.35. The fourth-order valence-electron chi connectivity index (χ4n) is 1.92. The van der Waals surface area contributed by atoms with E-state index in [1.54, 1.807) is 38.4 Å². The minimum Gasteiger partial charge on any atom is -0.478 e. The molecule has 0 spiro atoms. The maximum absolute atomic E-state index is 11.8. The second-order valence-corrected chi connectivity index (χ2v) is 4.96. The van der Waals surface area contributed by atoms with E-state index in [9.17, 15) is 9.59 Å². The number of carboxylic acids is 1. The molecule has 1 amide bonds. The highest BCUT2D eigenvalue weighted by Gasteiger charge is 2.13. The molecule has 0 bridgehead atoms. The van der Waals surface area contributed by atoms with Crippen LogP contribution in [0.1, 0.15) is 16.1 Å². The van der Waals surface area contributed by atoms with Crippen molar-refractivity contribution in [3.63, 3.8) is 0 Å². The maximum atomic E-state index is 11.8. The molecule has 0 aliphatic carbocycles. The van der Waals surface area contributed by atoms with Gasteiger partial charge in [-0.2, -0.15) is 5.26 Å². The van der Waals surface area contributed by atoms with E-state index in [4.69, 9.17) is 14.8 Å². The van der Waals surface area contributed by atoms with Gasteiger partial charge in [-0.05, 0) is 24.3 Å². The van der Waals surface area contributed by atoms with Gasteiger partial charge in [0.15, 0.2) is 0 Å². The maximum Gasteiger partial charge on any atom is 0.335 e. The van der Waals surface area contributed by atoms with E-state index in [1.807, 2.05) is 6.07 Å². The monoisotopic (exact) mass is 310 g/mol. The van der Waals surface area contributed by atoms with Crippen molar-refractivity contribution in [1.82, 2.24) is 4.90 Å². The summed E-state index contributed by atoms with van der Waals surface area (Å²) in [5, 5.41) is 18.1. The second-order valence-electron chi connectivity index (χ2n) is 4.96. The highest BCUT2D eigenvalue weighted by Crippen LogP contribution is 2.24. The number of hydrogen-bond acceptors (Lipinski definition) is 4. The molecular weight excluding hydrogens is 296 g/mol. The Morgan fingerprint density at radius 3 is 2.61 bits per heavy atom. The molecule has 0 radical (unpaired) electrons. The SMILES string of the molecule is CN(C)C(=O)/C(C#N)=C/c1ccc(-c2cccc(C(=O)O)c2)o1. The Morgan fingerprint density at radius 1 is 1.26 bits per heavy atom. The molecule has 1 aromatic carbocycles. The summed E-state index contributed by atoms with van der Waals surface area (Å²) in [7, 11) is 3.11. The third kappa shape index (κ3) is 3.66. The molecule has 0 atom stereocenters. The number of amides is 1. The van der Waals surface area contributed by atoms with Gasteiger partial charge >= 0.3 is 5.97 Å². The number of aromatic carboxylic acids is 1. The van der Waals surface area contributed by atoms with E-state index in [1.165, 1.54) is 23.1 Å². The number of hydrogen-bond donors (Lipinski definition) is 1. The number of rotatable bonds is 4. The third-order valence-electron chi connectivity index (χ3n) is 3.06. The van der Waals surface area contributed by atoms with Crippen LogP contribution in [0.5, 0.6) is 0 Å². The summed E-state index contributed by atoms with van der Waals surface area (Å²) in [5.41, 5.74) is 0.702. The van der Waals surface area contributed by atoms with Crippen LogP contribution in [0.4, 0.5) is 0 Å². The molecule has 23 heavy (non-hydrogen) atoms. The summed E-state index contributed by atoms with van der Waals surface area (Å²) >= 11 is 0. The van der Waals surface area contributed by atoms with E-state index < -0.39 is 11.9 Å². The zero-order valence-corrected chi connectivity index (χ0v) is 12.6. The summed E-state index contributed by atoms with van der Waals surface area (Å²) in [6, 6.07) is 11.4. The van der Waals surface area contributed by atoms with Crippen LogP contribution in [0.2, 0.25) is 0 Å². The van der Waals surface area contributed by atoms with E-state index in [0.717, 1.165) is 0 Å². The molecule has 0 saturated carbocycles. The second kappa shape index (κ2) is 6.62. The van der Waals surface area contributed by atoms with Crippen LogP contribution in [-0.2, 0) is 4.79 Å². The van der Waals surface area contributed by atoms with Gasteiger partial charge in [0.1, 0.15) is 23.2 Å². The van der Waals surface area contributed by atoms with Crippen LogP contribution in [0.3, 0.4) is 0 Å². The Bertz CT molecular complexity index is 825. The normalized spacial score (nSPS) is 10.9. The lowest BCUT2D eigenvalue weighted by Crippen LogP contribution is -2.22. The number of nitriles is 1. The summed E-state index contributed by atoms with van der Waals surface area (Å²) in [5.74, 6) is -0.651. The lowest BCUT2D eigenvalue weighted by Gasteiger charge is -2.07. The van der Waals surface area contributed by atoms with Gasteiger partial charge < -0.3 is 14.4 Å². The largest absolute Gasteiger partial charge is 0.478 e. The minimum absolute atomic E-state index is 0.0461. The number of nitrogens with zero attached hydrogens (tertiary/aromatic N) is 2. The van der Waals surface area contributed by atoms with Crippen LogP contribution in [0.25, 0.3) is 17.4 Å². The topological polar surface area (TPSA) is 94.5 Å². The zero-order valence-electron chi connectivity index (χ0n) is 12.6. The predicted molar refractivity (Wildman–Crippen MR) is 83.4 cm³/mol. The molecule has 2 rings (SSSR count). The average Bonchev–Trinajstić information content (AvgIpc) is 3.00. The predicted octanol–water partition coefficient (Wildman–Crippen LogP) is 2.64. The van der Waals surface area contributed by atoms with E-state index in [-0.39, 0.29) is 11.1 Å². The molecule has 116 valence electrons. The molecule has 6 nitrogen and oxygen atoms in total. The van der Waals surface area contributed by atoms with Crippen LogP contribution in [0, 0.1) is 11.3 Å². The molecule has 1 aromatic heterocycles. The molecule has 0 unspecified atom stereocenters. The van der Waals surface area contributed by atoms with Gasteiger partial charge in [-0.1, -0.05) is 12.1 Å². The Morgan fingerprint density at radius 2 is 2.00 bits per heavy atom. The Kier molecular flexibility index (Phi) is 4.62. The number of furan rings is 1. The van der Waals surface area contributed by atoms with Crippen molar-refractivity contribution in [1.29, 1.82) is 5.26 Å². The lowest BCUT2D eigenvalue weighted by atomic mass is 10.1. The molecule has 2 aromatic rings. The molecule has 0 saturated heterocycles. The van der Waals surface area contributed by atoms with Crippen LogP contribution < -0.4 is 0 Å². The van der Waals surface area contributed by atoms with Gasteiger partial charge in [0, 0.05) is 25.7 Å². The van der Waals surface area contributed by atoms with Crippen LogP contribution >= 0.6 is 0 Å². The summed E-state index contributed by atoms with van der Waals surface area (Å²) in [6.45, 7) is 0. The fraction of sp³-hybridized carbons (Fsp3) is 0.118. The minimum atomic E-state index is -1.03. The zero-order chi connectivity index (χ0) is 17.0. The first kappa shape index (κ1) is 16.0. The van der Waals surface area contributed by atoms with Crippen LogP contribution in [-0.4, -0.2) is 36.0 Å². The number of carbonyl (C=O) groups is 2. The number of carbonyl (C=O) groups excluding carboxylic acids is 1. The highest BCUT2D eigenvalue weighted by atomic mass is 16.4. The van der Waals surface area contributed by atoms with Crippen LogP contribution in [0.15, 0.2) is 46.4 Å². The van der Waals surface area contributed by atoms with Crippen molar-refractivity contribution >= 4 is 18.0 Å². The van der Waals surface area contributed by atoms with Crippen molar-refractivity contribution in [2.45, 2.75) is 0 Å². The van der Waals surface area contributed by atoms with Crippen molar-refractivity contribution in [3.05, 3.63) is 53.3 Å². The van der Waals surface area contributed by atoms with Gasteiger partial charge in [-0.25, -0.2) is 4.79 Å². The Balaban J connectivity index is 2.34. The smallest absolute Gasteiger partial charge is 0.335 e. The van der Waals surface area contributed by atoms with E-state index in [0.29, 0.717) is 17.1 Å². The number of likely N-dealkylation sites (N-methyl/N-ethyl adjacent to an activating group) is 1. The molecule has 1 N–H and O–H groups in total.